The Labute approximate surface area is 150 Å². The molecular formula is C19H22F3N3O. The lowest BCUT2D eigenvalue weighted by molar-refractivity contribution is -0.137. The first-order valence-corrected chi connectivity index (χ1v) is 8.82. The van der Waals surface area contributed by atoms with E-state index < -0.39 is 11.7 Å². The average molecular weight is 365 g/mol. The fourth-order valence-corrected chi connectivity index (χ4v) is 3.19. The molecule has 0 radical (unpaired) electrons. The first kappa shape index (κ1) is 18.5. The monoisotopic (exact) mass is 365 g/mol. The van der Waals surface area contributed by atoms with Gasteiger partial charge in [-0.25, -0.2) is 4.98 Å². The third kappa shape index (κ3) is 3.92. The van der Waals surface area contributed by atoms with Gasteiger partial charge in [0.2, 0.25) is 0 Å². The van der Waals surface area contributed by atoms with Crippen molar-refractivity contribution in [1.29, 1.82) is 0 Å². The topological polar surface area (TPSA) is 46.9 Å². The molecule has 2 atom stereocenters. The van der Waals surface area contributed by atoms with Gasteiger partial charge in [0.05, 0.1) is 5.56 Å². The number of imidazole rings is 1. The quantitative estimate of drug-likeness (QED) is 0.884. The smallest absolute Gasteiger partial charge is 0.348 e. The lowest BCUT2D eigenvalue weighted by Crippen LogP contribution is -2.32. The Morgan fingerprint density at radius 1 is 1.42 bits per heavy atom. The molecule has 2 heterocycles. The van der Waals surface area contributed by atoms with Crippen LogP contribution in [0.4, 0.5) is 13.2 Å². The lowest BCUT2D eigenvalue weighted by Gasteiger charge is -2.24. The zero-order valence-electron chi connectivity index (χ0n) is 14.8. The molecule has 2 aromatic rings. The van der Waals surface area contributed by atoms with E-state index in [1.165, 1.54) is 12.1 Å². The predicted molar refractivity (Wildman–Crippen MR) is 92.0 cm³/mol. The van der Waals surface area contributed by atoms with Gasteiger partial charge >= 0.3 is 6.18 Å². The molecule has 7 heteroatoms. The molecular weight excluding hydrogens is 343 g/mol. The van der Waals surface area contributed by atoms with E-state index >= 15 is 0 Å². The SMILES string of the molecule is CC[C@H](C)NC(=O)c1cn2c(n1)CC[C@H](c1cccc(C(F)(F)F)c1)C2. The molecule has 1 N–H and O–H groups in total. The maximum Gasteiger partial charge on any atom is 0.416 e. The molecule has 0 saturated carbocycles. The molecule has 140 valence electrons. The number of carbonyl (C=O) groups is 1. The van der Waals surface area contributed by atoms with Crippen molar-refractivity contribution in [3.63, 3.8) is 0 Å². The number of aromatic nitrogens is 2. The number of benzene rings is 1. The number of halogens is 3. The van der Waals surface area contributed by atoms with E-state index in [1.807, 2.05) is 18.4 Å². The fourth-order valence-electron chi connectivity index (χ4n) is 3.19. The highest BCUT2D eigenvalue weighted by atomic mass is 19.4. The van der Waals surface area contributed by atoms with Crippen LogP contribution in [0.1, 0.15) is 60.0 Å². The van der Waals surface area contributed by atoms with Crippen LogP contribution in [0.2, 0.25) is 0 Å². The van der Waals surface area contributed by atoms with Crippen LogP contribution >= 0.6 is 0 Å². The molecule has 1 aromatic carbocycles. The predicted octanol–water partition coefficient (Wildman–Crippen LogP) is 4.16. The van der Waals surface area contributed by atoms with Gasteiger partial charge in [0.25, 0.3) is 5.91 Å². The molecule has 0 saturated heterocycles. The molecule has 0 aliphatic carbocycles. The van der Waals surface area contributed by atoms with Crippen LogP contribution in [0.3, 0.4) is 0 Å². The van der Waals surface area contributed by atoms with Crippen molar-refractivity contribution in [3.05, 3.63) is 53.1 Å². The number of nitrogens with one attached hydrogen (secondary N) is 1. The molecule has 1 aromatic heterocycles. The number of rotatable bonds is 4. The van der Waals surface area contributed by atoms with Crippen LogP contribution in [0, 0.1) is 0 Å². The van der Waals surface area contributed by atoms with Gasteiger partial charge in [-0.15, -0.1) is 0 Å². The molecule has 0 fully saturated rings. The first-order valence-electron chi connectivity index (χ1n) is 8.82. The normalized spacial score (nSPS) is 18.3. The van der Waals surface area contributed by atoms with Crippen LogP contribution in [0.15, 0.2) is 30.5 Å². The highest BCUT2D eigenvalue weighted by Gasteiger charge is 2.31. The average Bonchev–Trinajstić information content (AvgIpc) is 3.04. The second kappa shape index (κ2) is 7.13. The van der Waals surface area contributed by atoms with Crippen molar-refractivity contribution < 1.29 is 18.0 Å². The molecule has 0 bridgehead atoms. The van der Waals surface area contributed by atoms with Crippen molar-refractivity contribution in [2.24, 2.45) is 0 Å². The summed E-state index contributed by atoms with van der Waals surface area (Å²) in [4.78, 5) is 16.6. The van der Waals surface area contributed by atoms with Crippen molar-refractivity contribution in [3.8, 4) is 0 Å². The summed E-state index contributed by atoms with van der Waals surface area (Å²) in [5, 5.41) is 2.88. The minimum absolute atomic E-state index is 0.0236. The molecule has 3 rings (SSSR count). The number of aryl methyl sites for hydroxylation is 1. The molecule has 1 amide bonds. The Morgan fingerprint density at radius 2 is 2.19 bits per heavy atom. The van der Waals surface area contributed by atoms with E-state index in [1.54, 1.807) is 12.3 Å². The third-order valence-electron chi connectivity index (χ3n) is 4.90. The maximum atomic E-state index is 12.9. The lowest BCUT2D eigenvalue weighted by atomic mass is 9.90. The minimum Gasteiger partial charge on any atom is -0.348 e. The van der Waals surface area contributed by atoms with Crippen molar-refractivity contribution in [1.82, 2.24) is 14.9 Å². The zero-order valence-corrected chi connectivity index (χ0v) is 14.8. The van der Waals surface area contributed by atoms with Gasteiger partial charge in [0.15, 0.2) is 0 Å². The van der Waals surface area contributed by atoms with Gasteiger partial charge in [0, 0.05) is 31.1 Å². The summed E-state index contributed by atoms with van der Waals surface area (Å²) in [6, 6.07) is 5.57. The van der Waals surface area contributed by atoms with E-state index in [9.17, 15) is 18.0 Å². The summed E-state index contributed by atoms with van der Waals surface area (Å²) in [6.07, 6.45) is -0.460. The summed E-state index contributed by atoms with van der Waals surface area (Å²) in [6.45, 7) is 4.45. The summed E-state index contributed by atoms with van der Waals surface area (Å²) in [7, 11) is 0. The van der Waals surface area contributed by atoms with Gasteiger partial charge in [-0.1, -0.05) is 25.1 Å². The molecule has 26 heavy (non-hydrogen) atoms. The summed E-state index contributed by atoms with van der Waals surface area (Å²) >= 11 is 0. The van der Waals surface area contributed by atoms with Crippen LogP contribution < -0.4 is 5.32 Å². The second-order valence-electron chi connectivity index (χ2n) is 6.84. The number of hydrogen-bond acceptors (Lipinski definition) is 2. The Bertz CT molecular complexity index is 798. The van der Waals surface area contributed by atoms with Crippen LogP contribution in [0.5, 0.6) is 0 Å². The number of fused-ring (bicyclic) bond motifs is 1. The maximum absolute atomic E-state index is 12.9. The van der Waals surface area contributed by atoms with Gasteiger partial charge in [-0.05, 0) is 31.4 Å². The zero-order chi connectivity index (χ0) is 18.9. The van der Waals surface area contributed by atoms with E-state index in [0.29, 0.717) is 30.6 Å². The van der Waals surface area contributed by atoms with Gasteiger partial charge in [-0.2, -0.15) is 13.2 Å². The second-order valence-corrected chi connectivity index (χ2v) is 6.84. The van der Waals surface area contributed by atoms with Crippen LogP contribution in [-0.2, 0) is 19.1 Å². The van der Waals surface area contributed by atoms with Crippen LogP contribution in [-0.4, -0.2) is 21.5 Å². The van der Waals surface area contributed by atoms with Crippen LogP contribution in [0.25, 0.3) is 0 Å². The van der Waals surface area contributed by atoms with Crippen molar-refractivity contribution >= 4 is 5.91 Å². The number of carbonyl (C=O) groups excluding carboxylic acids is 1. The van der Waals surface area contributed by atoms with E-state index in [2.05, 4.69) is 10.3 Å². The number of alkyl halides is 3. The Hall–Kier alpha value is -2.31. The standard InChI is InChI=1S/C19H22F3N3O/c1-3-12(2)23-18(26)16-11-25-10-14(7-8-17(25)24-16)13-5-4-6-15(9-13)19(20,21)22/h4-6,9,11-12,14H,3,7-8,10H2,1-2H3,(H,23,26)/t12-,14-/m0/s1. The fraction of sp³-hybridized carbons (Fsp3) is 0.474. The molecule has 1 aliphatic rings. The number of amides is 1. The Balaban J connectivity index is 1.77. The van der Waals surface area contributed by atoms with Crippen molar-refractivity contribution in [2.75, 3.05) is 0 Å². The van der Waals surface area contributed by atoms with E-state index in [4.69, 9.17) is 0 Å². The molecule has 4 nitrogen and oxygen atoms in total. The molecule has 0 spiro atoms. The molecule has 0 unspecified atom stereocenters. The van der Waals surface area contributed by atoms with E-state index in [-0.39, 0.29) is 17.9 Å². The number of nitrogens with zero attached hydrogens (tertiary/aromatic N) is 2. The van der Waals surface area contributed by atoms with Crippen molar-refractivity contribution in [2.45, 2.75) is 57.8 Å². The first-order chi connectivity index (χ1) is 12.3. The summed E-state index contributed by atoms with van der Waals surface area (Å²) < 4.78 is 40.7. The highest BCUT2D eigenvalue weighted by Crippen LogP contribution is 2.34. The number of hydrogen-bond donors (Lipinski definition) is 1. The van der Waals surface area contributed by atoms with Gasteiger partial charge in [-0.3, -0.25) is 4.79 Å². The molecule has 1 aliphatic heterocycles. The third-order valence-corrected chi connectivity index (χ3v) is 4.90. The summed E-state index contributed by atoms with van der Waals surface area (Å²) in [5.74, 6) is 0.573. The minimum atomic E-state index is -4.34. The van der Waals surface area contributed by atoms with Gasteiger partial charge in [0.1, 0.15) is 11.5 Å². The Kier molecular flexibility index (Phi) is 5.07. The highest BCUT2D eigenvalue weighted by molar-refractivity contribution is 5.92. The largest absolute Gasteiger partial charge is 0.416 e. The summed E-state index contributed by atoms with van der Waals surface area (Å²) in [5.41, 5.74) is 0.412. The van der Waals surface area contributed by atoms with E-state index in [0.717, 1.165) is 18.3 Å². The van der Waals surface area contributed by atoms with Gasteiger partial charge < -0.3 is 9.88 Å². The Morgan fingerprint density at radius 3 is 2.88 bits per heavy atom.